The molecule has 0 unspecified atom stereocenters. The molecule has 0 amide bonds. The van der Waals surface area contributed by atoms with E-state index in [1.165, 1.54) is 33.4 Å². The molecule has 0 bridgehead atoms. The molecule has 0 aliphatic carbocycles. The Labute approximate surface area is 258 Å². The lowest BCUT2D eigenvalue weighted by atomic mass is 9.75. The second-order valence-electron chi connectivity index (χ2n) is 17.8. The van der Waals surface area contributed by atoms with E-state index < -0.39 is 0 Å². The maximum atomic E-state index is 6.48. The molecule has 42 heavy (non-hydrogen) atoms. The Morgan fingerprint density at radius 1 is 0.381 bits per heavy atom. The van der Waals surface area contributed by atoms with Crippen LogP contribution in [0.4, 0.5) is 0 Å². The summed E-state index contributed by atoms with van der Waals surface area (Å²) < 4.78 is 25.0. The molecule has 0 saturated heterocycles. The number of rotatable bonds is 7. The monoisotopic (exact) mass is 582 g/mol. The minimum Gasteiger partial charge on any atom is -0.467 e. The summed E-state index contributed by atoms with van der Waals surface area (Å²) in [5.74, 6) is 1.85. The lowest BCUT2D eigenvalue weighted by Gasteiger charge is -2.33. The van der Waals surface area contributed by atoms with Crippen LogP contribution in [-0.2, 0) is 31.1 Å². The van der Waals surface area contributed by atoms with Crippen molar-refractivity contribution in [2.45, 2.75) is 157 Å². The normalized spacial score (nSPS) is 13.9. The van der Waals surface area contributed by atoms with Crippen molar-refractivity contribution in [2.24, 2.45) is 0 Å². The van der Waals surface area contributed by atoms with Gasteiger partial charge in [-0.1, -0.05) is 83.1 Å². The average molecular weight is 583 g/mol. The summed E-state index contributed by atoms with van der Waals surface area (Å²) >= 11 is 0. The van der Waals surface area contributed by atoms with Crippen molar-refractivity contribution < 1.29 is 18.9 Å². The zero-order valence-corrected chi connectivity index (χ0v) is 30.4. The average Bonchev–Trinajstić information content (AvgIpc) is 2.74. The van der Waals surface area contributed by atoms with Crippen LogP contribution in [0.2, 0.25) is 0 Å². The first-order chi connectivity index (χ1) is 18.6. The van der Waals surface area contributed by atoms with Crippen LogP contribution in [0.1, 0.15) is 147 Å². The van der Waals surface area contributed by atoms with Gasteiger partial charge in [-0.2, -0.15) is 0 Å². The van der Waals surface area contributed by atoms with Gasteiger partial charge in [0.2, 0.25) is 0 Å². The van der Waals surface area contributed by atoms with Crippen molar-refractivity contribution in [3.63, 3.8) is 0 Å². The quantitative estimate of drug-likeness (QED) is 0.304. The van der Waals surface area contributed by atoms with Gasteiger partial charge in [0.05, 0.1) is 11.2 Å². The maximum Gasteiger partial charge on any atom is 0.189 e. The molecule has 2 aromatic rings. The Balaban J connectivity index is 2.90. The molecule has 2 rings (SSSR count). The summed E-state index contributed by atoms with van der Waals surface area (Å²) in [4.78, 5) is 0. The summed E-state index contributed by atoms with van der Waals surface area (Å²) in [6.45, 7) is 39.8. The molecule has 4 heteroatoms. The molecule has 0 aliphatic rings. The highest BCUT2D eigenvalue weighted by Crippen LogP contribution is 2.46. The Kier molecular flexibility index (Phi) is 10.5. The van der Waals surface area contributed by atoms with Gasteiger partial charge in [-0.15, -0.1) is 0 Å². The van der Waals surface area contributed by atoms with Crippen molar-refractivity contribution in [2.75, 3.05) is 13.6 Å². The first-order valence-corrected chi connectivity index (χ1v) is 15.5. The topological polar surface area (TPSA) is 36.9 Å². The van der Waals surface area contributed by atoms with Crippen molar-refractivity contribution in [1.82, 2.24) is 0 Å². The molecule has 0 fully saturated rings. The fourth-order valence-corrected chi connectivity index (χ4v) is 4.66. The van der Waals surface area contributed by atoms with Crippen LogP contribution >= 0.6 is 0 Å². The Hall–Kier alpha value is -2.04. The molecule has 0 N–H and O–H groups in total. The second kappa shape index (κ2) is 12.2. The fraction of sp³-hybridized carbons (Fsp3) is 0.684. The van der Waals surface area contributed by atoms with Gasteiger partial charge in [0, 0.05) is 22.3 Å². The highest BCUT2D eigenvalue weighted by molar-refractivity contribution is 5.73. The van der Waals surface area contributed by atoms with Crippen molar-refractivity contribution >= 4 is 0 Å². The number of hydrogen-bond donors (Lipinski definition) is 0. The molecular weight excluding hydrogens is 520 g/mol. The Bertz CT molecular complexity index is 1040. The van der Waals surface area contributed by atoms with E-state index in [4.69, 9.17) is 18.9 Å². The zero-order chi connectivity index (χ0) is 32.7. The van der Waals surface area contributed by atoms with Crippen LogP contribution in [0.5, 0.6) is 11.5 Å². The van der Waals surface area contributed by atoms with Gasteiger partial charge < -0.3 is 18.9 Å². The first-order valence-electron chi connectivity index (χ1n) is 15.5. The summed E-state index contributed by atoms with van der Waals surface area (Å²) in [5, 5.41) is 0. The lowest BCUT2D eigenvalue weighted by molar-refractivity contribution is -0.0772. The lowest BCUT2D eigenvalue weighted by Crippen LogP contribution is -2.25. The molecule has 0 aliphatic heterocycles. The molecule has 238 valence electrons. The van der Waals surface area contributed by atoms with E-state index in [2.05, 4.69) is 149 Å². The van der Waals surface area contributed by atoms with Gasteiger partial charge in [-0.3, -0.25) is 0 Å². The summed E-state index contributed by atoms with van der Waals surface area (Å²) in [5.41, 5.74) is 5.96. The third-order valence-electron chi connectivity index (χ3n) is 7.13. The number of hydrogen-bond acceptors (Lipinski definition) is 4. The molecule has 2 aromatic carbocycles. The molecular formula is C38H62O4. The van der Waals surface area contributed by atoms with Crippen LogP contribution in [0.25, 0.3) is 11.1 Å². The number of benzene rings is 2. The van der Waals surface area contributed by atoms with E-state index in [1.807, 2.05) is 0 Å². The van der Waals surface area contributed by atoms with Crippen LogP contribution in [0.15, 0.2) is 24.3 Å². The third-order valence-corrected chi connectivity index (χ3v) is 7.13. The highest BCUT2D eigenvalue weighted by Gasteiger charge is 2.32. The minimum atomic E-state index is -0.280. The van der Waals surface area contributed by atoms with Crippen LogP contribution in [0.3, 0.4) is 0 Å². The van der Waals surface area contributed by atoms with Gasteiger partial charge in [-0.25, -0.2) is 0 Å². The molecule has 0 aromatic heterocycles. The predicted molar refractivity (Wildman–Crippen MR) is 179 cm³/mol. The molecule has 0 atom stereocenters. The summed E-state index contributed by atoms with van der Waals surface area (Å²) in [6.07, 6.45) is 0. The third kappa shape index (κ3) is 10.0. The van der Waals surface area contributed by atoms with Gasteiger partial charge in [0.1, 0.15) is 11.5 Å². The standard InChI is InChI=1S/C38H62O4/c1-33(2,3)27-19-25(20-28(34(4,5)6)31(27)39-23-41-37(13,14)15)26-21-29(35(7,8)9)32(30(22-26)36(10,11)12)40-24-42-38(16,17)18/h19-22H,23-24H2,1-18H3. The maximum absolute atomic E-state index is 6.48. The molecule has 0 saturated carbocycles. The molecule has 4 nitrogen and oxygen atoms in total. The smallest absolute Gasteiger partial charge is 0.189 e. The fourth-order valence-electron chi connectivity index (χ4n) is 4.66. The molecule has 0 radical (unpaired) electrons. The van der Waals surface area contributed by atoms with Gasteiger partial charge in [-0.05, 0) is 98.6 Å². The van der Waals surface area contributed by atoms with Crippen LogP contribution in [0, 0.1) is 0 Å². The zero-order valence-electron chi connectivity index (χ0n) is 30.4. The largest absolute Gasteiger partial charge is 0.467 e. The number of ether oxygens (including phenoxy) is 4. The Morgan fingerprint density at radius 3 is 0.762 bits per heavy atom. The van der Waals surface area contributed by atoms with E-state index >= 15 is 0 Å². The second-order valence-corrected chi connectivity index (χ2v) is 17.8. The van der Waals surface area contributed by atoms with E-state index in [0.717, 1.165) is 11.5 Å². The van der Waals surface area contributed by atoms with Gasteiger partial charge >= 0.3 is 0 Å². The van der Waals surface area contributed by atoms with E-state index in [-0.39, 0.29) is 46.4 Å². The first kappa shape index (κ1) is 36.2. The summed E-state index contributed by atoms with van der Waals surface area (Å²) in [7, 11) is 0. The van der Waals surface area contributed by atoms with Gasteiger partial charge in [0.15, 0.2) is 13.6 Å². The van der Waals surface area contributed by atoms with E-state index in [1.54, 1.807) is 0 Å². The summed E-state index contributed by atoms with van der Waals surface area (Å²) in [6, 6.07) is 9.27. The van der Waals surface area contributed by atoms with Crippen LogP contribution in [-0.4, -0.2) is 24.8 Å². The van der Waals surface area contributed by atoms with Crippen LogP contribution < -0.4 is 9.47 Å². The van der Waals surface area contributed by atoms with E-state index in [0.29, 0.717) is 0 Å². The SMILES string of the molecule is CC(C)(C)OCOc1c(C(C)(C)C)cc(-c2cc(C(C)(C)C)c(OCOC(C)(C)C)c(C(C)(C)C)c2)cc1C(C)(C)C. The minimum absolute atomic E-state index is 0.139. The molecule has 0 heterocycles. The predicted octanol–water partition coefficient (Wildman–Crippen LogP) is 10.8. The van der Waals surface area contributed by atoms with Crippen molar-refractivity contribution in [3.05, 3.63) is 46.5 Å². The highest BCUT2D eigenvalue weighted by atomic mass is 16.7. The molecule has 0 spiro atoms. The van der Waals surface area contributed by atoms with Crippen molar-refractivity contribution in [3.8, 4) is 22.6 Å². The van der Waals surface area contributed by atoms with Crippen molar-refractivity contribution in [1.29, 1.82) is 0 Å². The van der Waals surface area contributed by atoms with Gasteiger partial charge in [0.25, 0.3) is 0 Å². The van der Waals surface area contributed by atoms with E-state index in [9.17, 15) is 0 Å². The Morgan fingerprint density at radius 2 is 0.595 bits per heavy atom.